The van der Waals surface area contributed by atoms with Crippen molar-refractivity contribution in [3.8, 4) is 0 Å². The molecule has 0 amide bonds. The van der Waals surface area contributed by atoms with Crippen LogP contribution in [0.5, 0.6) is 0 Å². The fourth-order valence-corrected chi connectivity index (χ4v) is 1.42. The third-order valence-electron chi connectivity index (χ3n) is 2.17. The number of anilines is 1. The number of benzene rings is 1. The number of hydrogen-bond donors (Lipinski definition) is 4. The zero-order chi connectivity index (χ0) is 11.5. The molecule has 0 bridgehead atoms. The second-order valence-electron chi connectivity index (χ2n) is 3.34. The van der Waals surface area contributed by atoms with E-state index in [2.05, 4.69) is 15.3 Å². The van der Waals surface area contributed by atoms with Gasteiger partial charge in [-0.1, -0.05) is 0 Å². The molecule has 2 aromatic rings. The van der Waals surface area contributed by atoms with Crippen molar-refractivity contribution in [2.24, 2.45) is 5.73 Å². The first-order valence-electron chi connectivity index (χ1n) is 4.87. The Labute approximate surface area is 91.5 Å². The third kappa shape index (κ3) is 1.96. The summed E-state index contributed by atoms with van der Waals surface area (Å²) in [5, 5.41) is 11.8. The molecule has 5 N–H and O–H groups in total. The summed E-state index contributed by atoms with van der Waals surface area (Å²) in [6.45, 7) is 1.13. The van der Waals surface area contributed by atoms with Crippen molar-refractivity contribution in [1.29, 1.82) is 0 Å². The van der Waals surface area contributed by atoms with Gasteiger partial charge in [0.1, 0.15) is 0 Å². The molecule has 0 fully saturated rings. The average molecular weight is 220 g/mol. The molecule has 6 heteroatoms. The lowest BCUT2D eigenvalue weighted by Crippen LogP contribution is -2.13. The Bertz CT molecular complexity index is 521. The van der Waals surface area contributed by atoms with Crippen molar-refractivity contribution in [2.75, 3.05) is 18.4 Å². The molecule has 0 saturated heterocycles. The Balaban J connectivity index is 2.34. The van der Waals surface area contributed by atoms with Gasteiger partial charge in [0.25, 0.3) is 0 Å². The SMILES string of the molecule is NCCNc1nc2ccc(C(=O)O)cc2[nH]1. The van der Waals surface area contributed by atoms with Gasteiger partial charge in [-0.15, -0.1) is 0 Å². The van der Waals surface area contributed by atoms with Gasteiger partial charge in [0.05, 0.1) is 16.6 Å². The smallest absolute Gasteiger partial charge is 0.335 e. The maximum absolute atomic E-state index is 10.8. The molecule has 0 radical (unpaired) electrons. The summed E-state index contributed by atoms with van der Waals surface area (Å²) in [6, 6.07) is 4.75. The van der Waals surface area contributed by atoms with Crippen LogP contribution in [0.25, 0.3) is 11.0 Å². The quantitative estimate of drug-likeness (QED) is 0.605. The summed E-state index contributed by atoms with van der Waals surface area (Å²) in [5.41, 5.74) is 7.01. The van der Waals surface area contributed by atoms with Crippen molar-refractivity contribution in [3.63, 3.8) is 0 Å². The van der Waals surface area contributed by atoms with Gasteiger partial charge < -0.3 is 21.1 Å². The first-order chi connectivity index (χ1) is 7.70. The number of aromatic amines is 1. The van der Waals surface area contributed by atoms with E-state index in [4.69, 9.17) is 10.8 Å². The Morgan fingerprint density at radius 3 is 3.06 bits per heavy atom. The zero-order valence-corrected chi connectivity index (χ0v) is 8.53. The summed E-state index contributed by atoms with van der Waals surface area (Å²) in [4.78, 5) is 18.0. The predicted octanol–water partition coefficient (Wildman–Crippen LogP) is 0.632. The molecule has 0 unspecified atom stereocenters. The molecule has 84 valence electrons. The maximum atomic E-state index is 10.8. The van der Waals surface area contributed by atoms with Gasteiger partial charge in [-0.2, -0.15) is 0 Å². The van der Waals surface area contributed by atoms with Gasteiger partial charge in [-0.25, -0.2) is 9.78 Å². The number of imidazole rings is 1. The van der Waals surface area contributed by atoms with E-state index in [-0.39, 0.29) is 5.56 Å². The lowest BCUT2D eigenvalue weighted by atomic mass is 10.2. The minimum absolute atomic E-state index is 0.238. The molecule has 16 heavy (non-hydrogen) atoms. The Morgan fingerprint density at radius 1 is 1.56 bits per heavy atom. The van der Waals surface area contributed by atoms with E-state index < -0.39 is 5.97 Å². The molecule has 2 rings (SSSR count). The number of hydrogen-bond acceptors (Lipinski definition) is 4. The Kier molecular flexibility index (Phi) is 2.74. The summed E-state index contributed by atoms with van der Waals surface area (Å²) < 4.78 is 0. The monoisotopic (exact) mass is 220 g/mol. The summed E-state index contributed by atoms with van der Waals surface area (Å²) in [6.07, 6.45) is 0. The van der Waals surface area contributed by atoms with Crippen LogP contribution in [0.15, 0.2) is 18.2 Å². The van der Waals surface area contributed by atoms with E-state index in [1.165, 1.54) is 6.07 Å². The van der Waals surface area contributed by atoms with Crippen LogP contribution in [0.2, 0.25) is 0 Å². The molecule has 0 aliphatic heterocycles. The number of aromatic carboxylic acids is 1. The fourth-order valence-electron chi connectivity index (χ4n) is 1.42. The van der Waals surface area contributed by atoms with Crippen LogP contribution < -0.4 is 11.1 Å². The summed E-state index contributed by atoms with van der Waals surface area (Å²) in [5.74, 6) is -0.351. The zero-order valence-electron chi connectivity index (χ0n) is 8.53. The van der Waals surface area contributed by atoms with E-state index >= 15 is 0 Å². The van der Waals surface area contributed by atoms with E-state index in [0.717, 1.165) is 5.52 Å². The number of aromatic nitrogens is 2. The molecule has 1 heterocycles. The molecule has 1 aromatic heterocycles. The molecule has 0 aliphatic carbocycles. The minimum atomic E-state index is -0.951. The van der Waals surface area contributed by atoms with E-state index in [9.17, 15) is 4.79 Å². The van der Waals surface area contributed by atoms with Gasteiger partial charge in [0, 0.05) is 13.1 Å². The molecule has 0 aliphatic rings. The number of H-pyrrole nitrogens is 1. The standard InChI is InChI=1S/C10H12N4O2/c11-3-4-12-10-13-7-2-1-6(9(15)16)5-8(7)14-10/h1-2,5H,3-4,11H2,(H,15,16)(H2,12,13,14). The van der Waals surface area contributed by atoms with Crippen LogP contribution in [0.4, 0.5) is 5.95 Å². The second-order valence-corrected chi connectivity index (χ2v) is 3.34. The van der Waals surface area contributed by atoms with Crippen LogP contribution in [0, 0.1) is 0 Å². The molecule has 1 aromatic carbocycles. The van der Waals surface area contributed by atoms with Gasteiger partial charge >= 0.3 is 5.97 Å². The highest BCUT2D eigenvalue weighted by Crippen LogP contribution is 2.15. The van der Waals surface area contributed by atoms with Gasteiger partial charge in [0.15, 0.2) is 0 Å². The number of nitrogens with two attached hydrogens (primary N) is 1. The average Bonchev–Trinajstić information content (AvgIpc) is 2.67. The topological polar surface area (TPSA) is 104 Å². The lowest BCUT2D eigenvalue weighted by molar-refractivity contribution is 0.0697. The van der Waals surface area contributed by atoms with Gasteiger partial charge in [0.2, 0.25) is 5.95 Å². The summed E-state index contributed by atoms with van der Waals surface area (Å²) >= 11 is 0. The normalized spacial score (nSPS) is 10.6. The van der Waals surface area contributed by atoms with Crippen LogP contribution in [0.1, 0.15) is 10.4 Å². The molecule has 6 nitrogen and oxygen atoms in total. The van der Waals surface area contributed by atoms with Gasteiger partial charge in [-0.05, 0) is 18.2 Å². The van der Waals surface area contributed by atoms with Crippen LogP contribution >= 0.6 is 0 Å². The van der Waals surface area contributed by atoms with Crippen molar-refractivity contribution in [1.82, 2.24) is 9.97 Å². The number of carbonyl (C=O) groups is 1. The minimum Gasteiger partial charge on any atom is -0.478 e. The van der Waals surface area contributed by atoms with E-state index in [0.29, 0.717) is 24.6 Å². The molecule has 0 atom stereocenters. The maximum Gasteiger partial charge on any atom is 0.335 e. The Hall–Kier alpha value is -2.08. The van der Waals surface area contributed by atoms with Crippen LogP contribution in [-0.2, 0) is 0 Å². The number of carboxylic acid groups (broad SMARTS) is 1. The van der Waals surface area contributed by atoms with Crippen molar-refractivity contribution in [2.45, 2.75) is 0 Å². The third-order valence-corrected chi connectivity index (χ3v) is 2.17. The van der Waals surface area contributed by atoms with Crippen molar-refractivity contribution < 1.29 is 9.90 Å². The fraction of sp³-hybridized carbons (Fsp3) is 0.200. The van der Waals surface area contributed by atoms with E-state index in [1.54, 1.807) is 12.1 Å². The highest BCUT2D eigenvalue weighted by Gasteiger charge is 2.06. The lowest BCUT2D eigenvalue weighted by Gasteiger charge is -1.96. The largest absolute Gasteiger partial charge is 0.478 e. The van der Waals surface area contributed by atoms with Crippen molar-refractivity contribution >= 4 is 23.0 Å². The molecular formula is C10H12N4O2. The summed E-state index contributed by atoms with van der Waals surface area (Å²) in [7, 11) is 0. The molecular weight excluding hydrogens is 208 g/mol. The highest BCUT2D eigenvalue weighted by molar-refractivity contribution is 5.92. The second kappa shape index (κ2) is 4.19. The first kappa shape index (κ1) is 10.4. The highest BCUT2D eigenvalue weighted by atomic mass is 16.4. The Morgan fingerprint density at radius 2 is 2.38 bits per heavy atom. The number of nitrogens with zero attached hydrogens (tertiary/aromatic N) is 1. The van der Waals surface area contributed by atoms with Crippen LogP contribution in [0.3, 0.4) is 0 Å². The number of fused-ring (bicyclic) bond motifs is 1. The first-order valence-corrected chi connectivity index (χ1v) is 4.87. The molecule has 0 spiro atoms. The number of nitrogens with one attached hydrogen (secondary N) is 2. The molecule has 0 saturated carbocycles. The number of rotatable bonds is 4. The predicted molar refractivity (Wildman–Crippen MR) is 60.6 cm³/mol. The van der Waals surface area contributed by atoms with E-state index in [1.807, 2.05) is 0 Å². The van der Waals surface area contributed by atoms with Gasteiger partial charge in [-0.3, -0.25) is 0 Å². The van der Waals surface area contributed by atoms with Crippen molar-refractivity contribution in [3.05, 3.63) is 23.8 Å². The van der Waals surface area contributed by atoms with Crippen LogP contribution in [-0.4, -0.2) is 34.1 Å². The number of carboxylic acids is 1.